The standard InChI is InChI=1S/C12H20N2O2/c1-3-16-12(15)14-13-8(2)11-7-9-4-5-10(11)6-9/h9-11H,3-7H2,1-2H3,(H,14,15)/b13-8-/t9-,10+,11-/m0/s1. The van der Waals surface area contributed by atoms with Crippen LogP contribution in [0.3, 0.4) is 0 Å². The van der Waals surface area contributed by atoms with E-state index in [0.29, 0.717) is 12.5 Å². The van der Waals surface area contributed by atoms with Gasteiger partial charge in [0.05, 0.1) is 6.61 Å². The highest BCUT2D eigenvalue weighted by Crippen LogP contribution is 2.48. The van der Waals surface area contributed by atoms with Crippen molar-refractivity contribution in [3.05, 3.63) is 0 Å². The number of fused-ring (bicyclic) bond motifs is 2. The molecular formula is C12H20N2O2. The van der Waals surface area contributed by atoms with Gasteiger partial charge in [0.1, 0.15) is 0 Å². The molecular weight excluding hydrogens is 204 g/mol. The molecule has 1 N–H and O–H groups in total. The van der Waals surface area contributed by atoms with Crippen LogP contribution in [0.1, 0.15) is 39.5 Å². The van der Waals surface area contributed by atoms with Crippen molar-refractivity contribution in [3.63, 3.8) is 0 Å². The van der Waals surface area contributed by atoms with Crippen LogP contribution in [-0.2, 0) is 4.74 Å². The van der Waals surface area contributed by atoms with Crippen molar-refractivity contribution < 1.29 is 9.53 Å². The minimum Gasteiger partial charge on any atom is -0.449 e. The summed E-state index contributed by atoms with van der Waals surface area (Å²) in [6.07, 6.45) is 4.88. The lowest BCUT2D eigenvalue weighted by molar-refractivity contribution is 0.152. The lowest BCUT2D eigenvalue weighted by Crippen LogP contribution is -2.25. The van der Waals surface area contributed by atoms with E-state index in [-0.39, 0.29) is 0 Å². The molecule has 2 rings (SSSR count). The number of ether oxygens (including phenoxy) is 1. The van der Waals surface area contributed by atoms with E-state index in [1.807, 2.05) is 6.92 Å². The van der Waals surface area contributed by atoms with Crippen LogP contribution in [-0.4, -0.2) is 18.4 Å². The van der Waals surface area contributed by atoms with Gasteiger partial charge in [-0.3, -0.25) is 0 Å². The third-order valence-electron chi connectivity index (χ3n) is 3.87. The molecule has 4 heteroatoms. The van der Waals surface area contributed by atoms with Crippen molar-refractivity contribution in [3.8, 4) is 0 Å². The number of carbonyl (C=O) groups excluding carboxylic acids is 1. The number of nitrogens with zero attached hydrogens (tertiary/aromatic N) is 1. The maximum absolute atomic E-state index is 11.1. The lowest BCUT2D eigenvalue weighted by atomic mass is 9.86. The Kier molecular flexibility index (Phi) is 3.46. The zero-order chi connectivity index (χ0) is 11.5. The summed E-state index contributed by atoms with van der Waals surface area (Å²) >= 11 is 0. The normalized spacial score (nSPS) is 32.9. The maximum atomic E-state index is 11.1. The van der Waals surface area contributed by atoms with Gasteiger partial charge in [0.15, 0.2) is 0 Å². The van der Waals surface area contributed by atoms with Gasteiger partial charge in [0, 0.05) is 11.6 Å². The molecule has 0 radical (unpaired) electrons. The summed E-state index contributed by atoms with van der Waals surface area (Å²) in [5.41, 5.74) is 3.50. The number of nitrogens with one attached hydrogen (secondary N) is 1. The maximum Gasteiger partial charge on any atom is 0.427 e. The Morgan fingerprint density at radius 1 is 1.44 bits per heavy atom. The van der Waals surface area contributed by atoms with E-state index < -0.39 is 6.09 Å². The Labute approximate surface area is 96.4 Å². The first kappa shape index (κ1) is 11.4. The van der Waals surface area contributed by atoms with E-state index in [9.17, 15) is 4.79 Å². The molecule has 2 saturated carbocycles. The van der Waals surface area contributed by atoms with E-state index >= 15 is 0 Å². The number of hydrogen-bond acceptors (Lipinski definition) is 3. The van der Waals surface area contributed by atoms with Crippen LogP contribution in [0.15, 0.2) is 5.10 Å². The first-order valence-electron chi connectivity index (χ1n) is 6.17. The predicted octanol–water partition coefficient (Wildman–Crippen LogP) is 2.54. The molecule has 4 nitrogen and oxygen atoms in total. The zero-order valence-corrected chi connectivity index (χ0v) is 10.0. The van der Waals surface area contributed by atoms with Crippen molar-refractivity contribution >= 4 is 11.8 Å². The summed E-state index contributed by atoms with van der Waals surface area (Å²) in [5, 5.41) is 4.14. The van der Waals surface area contributed by atoms with E-state index in [2.05, 4.69) is 10.5 Å². The Morgan fingerprint density at radius 3 is 2.81 bits per heavy atom. The Morgan fingerprint density at radius 2 is 2.25 bits per heavy atom. The van der Waals surface area contributed by atoms with Crippen LogP contribution in [0, 0.1) is 17.8 Å². The fourth-order valence-corrected chi connectivity index (χ4v) is 3.14. The third-order valence-corrected chi connectivity index (χ3v) is 3.87. The zero-order valence-electron chi connectivity index (χ0n) is 10.0. The monoisotopic (exact) mass is 224 g/mol. The van der Waals surface area contributed by atoms with Crippen molar-refractivity contribution in [2.45, 2.75) is 39.5 Å². The molecule has 90 valence electrons. The summed E-state index contributed by atoms with van der Waals surface area (Å²) < 4.78 is 4.76. The van der Waals surface area contributed by atoms with Crippen molar-refractivity contribution in [1.82, 2.24) is 5.43 Å². The van der Waals surface area contributed by atoms with Gasteiger partial charge < -0.3 is 4.74 Å². The summed E-state index contributed by atoms with van der Waals surface area (Å²) in [4.78, 5) is 11.1. The lowest BCUT2D eigenvalue weighted by Gasteiger charge is -2.21. The molecule has 0 aromatic heterocycles. The Hall–Kier alpha value is -1.06. The van der Waals surface area contributed by atoms with Crippen molar-refractivity contribution in [2.24, 2.45) is 22.9 Å². The van der Waals surface area contributed by atoms with E-state index in [4.69, 9.17) is 4.74 Å². The number of amides is 1. The van der Waals surface area contributed by atoms with Gasteiger partial charge in [0.25, 0.3) is 0 Å². The summed E-state index contributed by atoms with van der Waals surface area (Å²) in [5.74, 6) is 2.29. The summed E-state index contributed by atoms with van der Waals surface area (Å²) in [7, 11) is 0. The number of carbonyl (C=O) groups is 1. The van der Waals surface area contributed by atoms with Crippen LogP contribution in [0.25, 0.3) is 0 Å². The second kappa shape index (κ2) is 4.85. The summed E-state index contributed by atoms with van der Waals surface area (Å²) in [6.45, 7) is 4.18. The molecule has 1 amide bonds. The van der Waals surface area contributed by atoms with Crippen molar-refractivity contribution in [1.29, 1.82) is 0 Å². The Balaban J connectivity index is 1.85. The molecule has 2 aliphatic carbocycles. The summed E-state index contributed by atoms with van der Waals surface area (Å²) in [6, 6.07) is 0. The SMILES string of the molecule is CCOC(=O)N/N=C(/C)[C@@H]1C[C@H]2CC[C@@H]1C2. The van der Waals surface area contributed by atoms with Gasteiger partial charge in [0.2, 0.25) is 0 Å². The molecule has 0 saturated heterocycles. The fraction of sp³-hybridized carbons (Fsp3) is 0.833. The van der Waals surface area contributed by atoms with Crippen LogP contribution in [0.2, 0.25) is 0 Å². The molecule has 0 spiro atoms. The fourth-order valence-electron chi connectivity index (χ4n) is 3.14. The molecule has 2 fully saturated rings. The third kappa shape index (κ3) is 2.36. The van der Waals surface area contributed by atoms with Gasteiger partial charge in [-0.15, -0.1) is 0 Å². The Bertz CT molecular complexity index is 301. The molecule has 0 aromatic rings. The first-order chi connectivity index (χ1) is 7.70. The van der Waals surface area contributed by atoms with Crippen LogP contribution < -0.4 is 5.43 Å². The quantitative estimate of drug-likeness (QED) is 0.591. The smallest absolute Gasteiger partial charge is 0.427 e. The molecule has 0 heterocycles. The van der Waals surface area contributed by atoms with E-state index in [1.54, 1.807) is 6.92 Å². The van der Waals surface area contributed by atoms with Gasteiger partial charge in [-0.1, -0.05) is 6.42 Å². The minimum atomic E-state index is -0.454. The van der Waals surface area contributed by atoms with Crippen LogP contribution in [0.5, 0.6) is 0 Å². The highest BCUT2D eigenvalue weighted by Gasteiger charge is 2.40. The average Bonchev–Trinajstić information content (AvgIpc) is 2.88. The second-order valence-corrected chi connectivity index (χ2v) is 4.87. The first-order valence-corrected chi connectivity index (χ1v) is 6.17. The van der Waals surface area contributed by atoms with Crippen LogP contribution >= 0.6 is 0 Å². The largest absolute Gasteiger partial charge is 0.449 e. The molecule has 0 aliphatic heterocycles. The minimum absolute atomic E-state index is 0.383. The number of hydrogen-bond donors (Lipinski definition) is 1. The predicted molar refractivity (Wildman–Crippen MR) is 62.2 cm³/mol. The molecule has 2 bridgehead atoms. The van der Waals surface area contributed by atoms with Crippen LogP contribution in [0.4, 0.5) is 4.79 Å². The molecule has 2 aliphatic rings. The highest BCUT2D eigenvalue weighted by molar-refractivity contribution is 5.86. The average molecular weight is 224 g/mol. The van der Waals surface area contributed by atoms with Gasteiger partial charge in [-0.05, 0) is 44.9 Å². The molecule has 0 aromatic carbocycles. The van der Waals surface area contributed by atoms with Gasteiger partial charge in [-0.2, -0.15) is 5.10 Å². The molecule has 16 heavy (non-hydrogen) atoms. The van der Waals surface area contributed by atoms with Gasteiger partial charge in [-0.25, -0.2) is 10.2 Å². The van der Waals surface area contributed by atoms with Crippen molar-refractivity contribution in [2.75, 3.05) is 6.61 Å². The molecule has 3 atom stereocenters. The number of rotatable bonds is 3. The highest BCUT2D eigenvalue weighted by atomic mass is 16.5. The van der Waals surface area contributed by atoms with E-state index in [1.165, 1.54) is 25.7 Å². The van der Waals surface area contributed by atoms with Gasteiger partial charge >= 0.3 is 6.09 Å². The van der Waals surface area contributed by atoms with E-state index in [0.717, 1.165) is 17.5 Å². The topological polar surface area (TPSA) is 50.7 Å². The second-order valence-electron chi connectivity index (χ2n) is 4.87. The molecule has 0 unspecified atom stereocenters. The number of hydrazone groups is 1.